The predicted octanol–water partition coefficient (Wildman–Crippen LogP) is 6.27. The van der Waals surface area contributed by atoms with Crippen molar-refractivity contribution in [2.24, 2.45) is 0 Å². The second kappa shape index (κ2) is 8.11. The summed E-state index contributed by atoms with van der Waals surface area (Å²) in [5.41, 5.74) is 0. The molecule has 0 atom stereocenters. The van der Waals surface area contributed by atoms with E-state index in [1.165, 1.54) is 0 Å². The van der Waals surface area contributed by atoms with E-state index < -0.39 is 11.0 Å². The summed E-state index contributed by atoms with van der Waals surface area (Å²) in [6.07, 6.45) is 2.29. The van der Waals surface area contributed by atoms with Gasteiger partial charge in [-0.2, -0.15) is 0 Å². The fourth-order valence-corrected chi connectivity index (χ4v) is 1.74. The molecule has 0 aliphatic rings. The van der Waals surface area contributed by atoms with Crippen LogP contribution in [0, 0.1) is 0 Å². The summed E-state index contributed by atoms with van der Waals surface area (Å²) in [6, 6.07) is 0. The first kappa shape index (κ1) is 17.3. The largest absolute Gasteiger partial charge is 0.339 e. The highest BCUT2D eigenvalue weighted by molar-refractivity contribution is 8.24. The Morgan fingerprint density at radius 3 is 1.38 bits per heavy atom. The molecule has 0 N–H and O–H groups in total. The van der Waals surface area contributed by atoms with Gasteiger partial charge in [-0.25, -0.2) is 0 Å². The molecule has 0 aliphatic carbocycles. The Hall–Kier alpha value is 1.91. The van der Waals surface area contributed by atoms with Gasteiger partial charge in [0.25, 0.3) is 5.85 Å². The number of unbranched alkanes of at least 4 members (excludes halogenated alkanes) is 1. The summed E-state index contributed by atoms with van der Waals surface area (Å²) < 4.78 is 20.0. The van der Waals surface area contributed by atoms with E-state index in [0.717, 1.165) is 12.8 Å². The molecule has 82 valence electrons. The van der Waals surface area contributed by atoms with E-state index in [4.69, 9.17) is 22.5 Å². The van der Waals surface area contributed by atoms with Crippen LogP contribution in [0.5, 0.6) is 0 Å². The molecule has 13 heavy (non-hydrogen) atoms. The molecule has 0 aromatic heterocycles. The average Bonchev–Trinajstić information content (AvgIpc) is 1.77. The summed E-state index contributed by atoms with van der Waals surface area (Å²) in [5, 5.41) is -3.22. The van der Waals surface area contributed by atoms with Crippen LogP contribution in [0.25, 0.3) is 0 Å². The maximum Gasteiger partial charge on any atom is 0.339 e. The minimum absolute atomic E-state index is 0.451. The highest BCUT2D eigenvalue weighted by Gasteiger charge is 2.10. The Balaban J connectivity index is 0. The summed E-state index contributed by atoms with van der Waals surface area (Å²) in [7, 11) is 0. The Bertz CT molecular complexity index is 200. The van der Waals surface area contributed by atoms with Crippen LogP contribution >= 0.6 is 67.3 Å². The fourth-order valence-electron chi connectivity index (χ4n) is 0.342. The van der Waals surface area contributed by atoms with Crippen molar-refractivity contribution < 1.29 is 9.13 Å². The van der Waals surface area contributed by atoms with Crippen LogP contribution < -0.4 is 0 Å². The molecule has 0 unspecified atom stereocenters. The molecule has 0 saturated heterocycles. The quantitative estimate of drug-likeness (QED) is 0.572. The second-order valence-electron chi connectivity index (χ2n) is 2.05. The lowest BCUT2D eigenvalue weighted by atomic mass is 10.4. The van der Waals surface area contributed by atoms with Gasteiger partial charge >= 0.3 is 5.20 Å². The minimum atomic E-state index is -3.22. The normalized spacial score (nSPS) is 11.8. The van der Waals surface area contributed by atoms with Crippen LogP contribution in [0.3, 0.4) is 0 Å². The third-order valence-electron chi connectivity index (χ3n) is 0.772. The van der Waals surface area contributed by atoms with Crippen LogP contribution in [0.4, 0.5) is 0 Å². The van der Waals surface area contributed by atoms with E-state index in [2.05, 4.69) is 33.7 Å². The van der Waals surface area contributed by atoms with E-state index in [1.807, 2.05) is 6.92 Å². The minimum Gasteiger partial charge on any atom is -0.289 e. The molecule has 0 saturated carbocycles. The fraction of sp³-hybridized carbons (Fsp3) is 1.00. The third-order valence-corrected chi connectivity index (χ3v) is 2.62. The smallest absolute Gasteiger partial charge is 0.289 e. The Morgan fingerprint density at radius 2 is 1.31 bits per heavy atom. The van der Waals surface area contributed by atoms with Gasteiger partial charge in [0.15, 0.2) is 0 Å². The molecular formula is C4H9Cl5O2P2. The summed E-state index contributed by atoms with van der Waals surface area (Å²) in [4.78, 5) is 0. The zero-order valence-electron chi connectivity index (χ0n) is 6.72. The summed E-state index contributed by atoms with van der Waals surface area (Å²) >= 11 is 24.3. The van der Waals surface area contributed by atoms with Gasteiger partial charge in [-0.15, -0.1) is 0 Å². The lowest BCUT2D eigenvalue weighted by Gasteiger charge is -1.96. The molecule has 0 rings (SSSR count). The number of halogens is 5. The van der Waals surface area contributed by atoms with Crippen LogP contribution in [-0.2, 0) is 9.13 Å². The summed E-state index contributed by atoms with van der Waals surface area (Å²) in [5.74, 6) is -2.74. The molecule has 2 nitrogen and oxygen atoms in total. The van der Waals surface area contributed by atoms with Crippen molar-refractivity contribution in [3.8, 4) is 0 Å². The molecule has 0 heterocycles. The Labute approximate surface area is 102 Å². The van der Waals surface area contributed by atoms with Crippen molar-refractivity contribution >= 4 is 67.3 Å². The van der Waals surface area contributed by atoms with Crippen LogP contribution in [-0.4, -0.2) is 6.16 Å². The highest BCUT2D eigenvalue weighted by Crippen LogP contribution is 2.61. The standard InChI is InChI=1S/C4H9Cl2OP.Cl3OP/c1-2-3-4-8(5,6)7;1-5(2,3)4/h2-4H2,1H3;. The average molecular weight is 328 g/mol. The van der Waals surface area contributed by atoms with Crippen LogP contribution in [0.15, 0.2) is 0 Å². The molecule has 0 aliphatic heterocycles. The van der Waals surface area contributed by atoms with E-state index in [1.54, 1.807) is 0 Å². The van der Waals surface area contributed by atoms with E-state index in [9.17, 15) is 9.13 Å². The molecule has 0 amide bonds. The highest BCUT2D eigenvalue weighted by atomic mass is 36.0. The van der Waals surface area contributed by atoms with Crippen molar-refractivity contribution in [2.75, 3.05) is 6.16 Å². The van der Waals surface area contributed by atoms with Crippen molar-refractivity contribution in [1.29, 1.82) is 0 Å². The molecular weight excluding hydrogens is 319 g/mol. The molecule has 0 aromatic rings. The third kappa shape index (κ3) is 41.3. The van der Waals surface area contributed by atoms with Gasteiger partial charge in [0, 0.05) is 6.16 Å². The molecule has 0 aromatic carbocycles. The Kier molecular flexibility index (Phi) is 10.8. The van der Waals surface area contributed by atoms with Crippen LogP contribution in [0.2, 0.25) is 0 Å². The van der Waals surface area contributed by atoms with Gasteiger partial charge in [-0.05, 0) is 62.6 Å². The maximum absolute atomic E-state index is 10.5. The first-order valence-electron chi connectivity index (χ1n) is 3.23. The van der Waals surface area contributed by atoms with E-state index >= 15 is 0 Å². The zero-order chi connectivity index (χ0) is 11.1. The second-order valence-corrected chi connectivity index (χ2v) is 14.1. The van der Waals surface area contributed by atoms with Gasteiger partial charge < -0.3 is 0 Å². The van der Waals surface area contributed by atoms with Crippen molar-refractivity contribution in [3.05, 3.63) is 0 Å². The van der Waals surface area contributed by atoms with Gasteiger partial charge in [-0.1, -0.05) is 13.3 Å². The van der Waals surface area contributed by atoms with Gasteiger partial charge in [0.2, 0.25) is 0 Å². The molecule has 0 fully saturated rings. The predicted molar refractivity (Wildman–Crippen MR) is 64.3 cm³/mol. The summed E-state index contributed by atoms with van der Waals surface area (Å²) in [6.45, 7) is 2.00. The lowest BCUT2D eigenvalue weighted by Crippen LogP contribution is -1.74. The van der Waals surface area contributed by atoms with E-state index in [-0.39, 0.29) is 0 Å². The monoisotopic (exact) mass is 326 g/mol. The topological polar surface area (TPSA) is 34.1 Å². The molecule has 9 heteroatoms. The Morgan fingerprint density at radius 1 is 1.00 bits per heavy atom. The SMILES string of the molecule is CCCCP(=O)(Cl)Cl.O=P(Cl)(Cl)Cl. The van der Waals surface area contributed by atoms with E-state index in [0.29, 0.717) is 6.16 Å². The number of hydrogen-bond donors (Lipinski definition) is 0. The van der Waals surface area contributed by atoms with Crippen LogP contribution in [0.1, 0.15) is 19.8 Å². The van der Waals surface area contributed by atoms with Gasteiger partial charge in [0.05, 0.1) is 0 Å². The molecule has 0 radical (unpaired) electrons. The number of hydrogen-bond acceptors (Lipinski definition) is 2. The maximum atomic E-state index is 10.5. The van der Waals surface area contributed by atoms with Gasteiger partial charge in [0.1, 0.15) is 0 Å². The first-order chi connectivity index (χ1) is 5.56. The molecule has 0 bridgehead atoms. The number of rotatable bonds is 3. The van der Waals surface area contributed by atoms with Gasteiger partial charge in [-0.3, -0.25) is 9.13 Å². The molecule has 0 spiro atoms. The lowest BCUT2D eigenvalue weighted by molar-refractivity contribution is 0.590. The zero-order valence-corrected chi connectivity index (χ0v) is 12.3. The van der Waals surface area contributed by atoms with Crippen molar-refractivity contribution in [2.45, 2.75) is 19.8 Å². The van der Waals surface area contributed by atoms with Crippen molar-refractivity contribution in [3.63, 3.8) is 0 Å². The first-order valence-corrected chi connectivity index (χ1v) is 11.4. The van der Waals surface area contributed by atoms with Crippen molar-refractivity contribution in [1.82, 2.24) is 0 Å².